The Hall–Kier alpha value is 0.415. The van der Waals surface area contributed by atoms with E-state index in [0.29, 0.717) is 23.7 Å². The molecule has 0 amide bonds. The van der Waals surface area contributed by atoms with Crippen molar-refractivity contribution in [3.05, 3.63) is 0 Å². The van der Waals surface area contributed by atoms with Crippen LogP contribution in [0, 0.1) is 0 Å². The minimum atomic E-state index is 0.307. The molecule has 0 N–H and O–H groups in total. The van der Waals surface area contributed by atoms with Gasteiger partial charge in [0, 0.05) is 6.61 Å². The number of rotatable bonds is 3. The van der Waals surface area contributed by atoms with E-state index in [1.54, 1.807) is 0 Å². The van der Waals surface area contributed by atoms with Gasteiger partial charge in [-0.3, -0.25) is 0 Å². The third kappa shape index (κ3) is 3.97. The molecule has 1 heterocycles. The Balaban J connectivity index is 2.21. The minimum Gasteiger partial charge on any atom is -0.376 e. The van der Waals surface area contributed by atoms with Crippen LogP contribution in [-0.2, 0) is 9.47 Å². The third-order valence-electron chi connectivity index (χ3n) is 2.48. The van der Waals surface area contributed by atoms with Crippen LogP contribution in [0.5, 0.6) is 0 Å². The van der Waals surface area contributed by atoms with Crippen LogP contribution >= 0.6 is 9.24 Å². The van der Waals surface area contributed by atoms with Gasteiger partial charge in [0.1, 0.15) is 7.85 Å². The van der Waals surface area contributed by atoms with Gasteiger partial charge in [-0.05, 0) is 31.7 Å². The Morgan fingerprint density at radius 1 is 1.62 bits per heavy atom. The molecule has 1 aliphatic rings. The van der Waals surface area contributed by atoms with E-state index in [-0.39, 0.29) is 0 Å². The molecule has 0 aromatic rings. The first kappa shape index (κ1) is 11.5. The molecule has 1 aliphatic heterocycles. The van der Waals surface area contributed by atoms with Gasteiger partial charge in [0.15, 0.2) is 0 Å². The number of hydrogen-bond acceptors (Lipinski definition) is 2. The van der Waals surface area contributed by atoms with Gasteiger partial charge >= 0.3 is 0 Å². The molecule has 2 nitrogen and oxygen atoms in total. The smallest absolute Gasteiger partial charge is 0.109 e. The molecule has 0 radical (unpaired) electrons. The average Bonchev–Trinajstić information content (AvgIpc) is 2.07. The molecular weight excluding hydrogens is 182 g/mol. The van der Waals surface area contributed by atoms with Gasteiger partial charge in [0.25, 0.3) is 0 Å². The normalized spacial score (nSPS) is 35.2. The van der Waals surface area contributed by atoms with Crippen molar-refractivity contribution in [2.24, 2.45) is 0 Å². The second-order valence-electron chi connectivity index (χ2n) is 4.21. The molecule has 1 saturated heterocycles. The molecule has 3 unspecified atom stereocenters. The number of ether oxygens (including phenoxy) is 2. The average molecular weight is 202 g/mol. The predicted octanol–water partition coefficient (Wildman–Crippen LogP) is 0.866. The molecule has 0 aliphatic carbocycles. The summed E-state index contributed by atoms with van der Waals surface area (Å²) in [6.45, 7) is 5.74. The van der Waals surface area contributed by atoms with E-state index in [1.807, 2.05) is 0 Å². The maximum atomic E-state index is 5.67. The van der Waals surface area contributed by atoms with Crippen molar-refractivity contribution in [1.82, 2.24) is 0 Å². The van der Waals surface area contributed by atoms with Crippen molar-refractivity contribution in [3.63, 3.8) is 0 Å². The van der Waals surface area contributed by atoms with E-state index in [0.717, 1.165) is 19.6 Å². The van der Waals surface area contributed by atoms with Crippen LogP contribution in [0.25, 0.3) is 0 Å². The Labute approximate surface area is 84.4 Å². The first-order valence-corrected chi connectivity index (χ1v) is 5.75. The molecule has 4 atom stereocenters. The monoisotopic (exact) mass is 202 g/mol. The van der Waals surface area contributed by atoms with Crippen molar-refractivity contribution in [1.29, 1.82) is 0 Å². The van der Waals surface area contributed by atoms with Crippen LogP contribution in [0.1, 0.15) is 20.3 Å². The van der Waals surface area contributed by atoms with Crippen LogP contribution in [-0.4, -0.2) is 38.9 Å². The van der Waals surface area contributed by atoms with E-state index < -0.39 is 0 Å². The van der Waals surface area contributed by atoms with Crippen LogP contribution in [0.2, 0.25) is 5.82 Å². The second-order valence-corrected chi connectivity index (χ2v) is 5.07. The predicted molar refractivity (Wildman–Crippen MR) is 61.2 cm³/mol. The summed E-state index contributed by atoms with van der Waals surface area (Å²) < 4.78 is 11.2. The van der Waals surface area contributed by atoms with E-state index >= 15 is 0 Å². The first-order chi connectivity index (χ1) is 6.09. The molecule has 76 valence electrons. The van der Waals surface area contributed by atoms with E-state index in [9.17, 15) is 0 Å². The topological polar surface area (TPSA) is 18.5 Å². The molecule has 0 aromatic carbocycles. The molecular formula is C9H20BO2P. The minimum absolute atomic E-state index is 0.307. The molecule has 1 fully saturated rings. The fourth-order valence-electron chi connectivity index (χ4n) is 1.43. The fourth-order valence-corrected chi connectivity index (χ4v) is 1.85. The van der Waals surface area contributed by atoms with Crippen molar-refractivity contribution >= 4 is 17.1 Å². The highest BCUT2D eigenvalue weighted by molar-refractivity contribution is 7.17. The van der Waals surface area contributed by atoms with Crippen LogP contribution in [0.3, 0.4) is 0 Å². The zero-order chi connectivity index (χ0) is 9.84. The summed E-state index contributed by atoms with van der Waals surface area (Å²) in [6, 6.07) is 0. The number of hydrogen-bond donors (Lipinski definition) is 0. The van der Waals surface area contributed by atoms with Gasteiger partial charge in [-0.15, -0.1) is 9.24 Å². The van der Waals surface area contributed by atoms with Crippen molar-refractivity contribution < 1.29 is 9.47 Å². The van der Waals surface area contributed by atoms with Crippen LogP contribution < -0.4 is 0 Å². The highest BCUT2D eigenvalue weighted by Gasteiger charge is 2.25. The lowest BCUT2D eigenvalue weighted by molar-refractivity contribution is -0.0532. The zero-order valence-electron chi connectivity index (χ0n) is 8.82. The van der Waals surface area contributed by atoms with Gasteiger partial charge in [0.2, 0.25) is 0 Å². The summed E-state index contributed by atoms with van der Waals surface area (Å²) in [5.41, 5.74) is 0.689. The molecule has 0 aromatic heterocycles. The highest BCUT2D eigenvalue weighted by atomic mass is 31.0. The third-order valence-corrected chi connectivity index (χ3v) is 3.41. The van der Waals surface area contributed by atoms with Crippen molar-refractivity contribution in [2.75, 3.05) is 13.2 Å². The zero-order valence-corrected chi connectivity index (χ0v) is 9.98. The fraction of sp³-hybridized carbons (Fsp3) is 1.00. The SMILES string of the molecule is BC1COC(COC(C)C)C[C@H]1P. The van der Waals surface area contributed by atoms with E-state index in [1.165, 1.54) is 0 Å². The van der Waals surface area contributed by atoms with Gasteiger partial charge < -0.3 is 9.47 Å². The highest BCUT2D eigenvalue weighted by Crippen LogP contribution is 2.28. The Morgan fingerprint density at radius 2 is 2.31 bits per heavy atom. The summed E-state index contributed by atoms with van der Waals surface area (Å²) in [7, 11) is 5.14. The summed E-state index contributed by atoms with van der Waals surface area (Å²) in [4.78, 5) is 0. The van der Waals surface area contributed by atoms with Gasteiger partial charge in [-0.25, -0.2) is 0 Å². The summed E-state index contributed by atoms with van der Waals surface area (Å²) >= 11 is 0. The van der Waals surface area contributed by atoms with E-state index in [2.05, 4.69) is 30.9 Å². The lowest BCUT2D eigenvalue weighted by atomic mass is 9.81. The molecule has 0 bridgehead atoms. The van der Waals surface area contributed by atoms with Gasteiger partial charge in [-0.1, -0.05) is 0 Å². The van der Waals surface area contributed by atoms with Crippen molar-refractivity contribution in [2.45, 2.75) is 44.0 Å². The van der Waals surface area contributed by atoms with E-state index in [4.69, 9.17) is 9.47 Å². The molecule has 13 heavy (non-hydrogen) atoms. The first-order valence-electron chi connectivity index (χ1n) is 5.08. The Morgan fingerprint density at radius 3 is 2.85 bits per heavy atom. The molecule has 0 spiro atoms. The Bertz CT molecular complexity index is 155. The summed E-state index contributed by atoms with van der Waals surface area (Å²) in [5.74, 6) is 0.667. The molecule has 0 saturated carbocycles. The Kier molecular flexibility index (Phi) is 4.71. The summed E-state index contributed by atoms with van der Waals surface area (Å²) in [5, 5.41) is 0. The standard InChI is InChI=1S/C9H20BO2P/c1-6(2)11-4-7-3-9(13)8(10)5-12-7/h6-9H,3-5,10,13H2,1-2H3/t7?,8?,9-/m1/s1. The quantitative estimate of drug-likeness (QED) is 0.499. The lowest BCUT2D eigenvalue weighted by Gasteiger charge is -2.32. The molecule has 4 heteroatoms. The van der Waals surface area contributed by atoms with Crippen LogP contribution in [0.4, 0.5) is 0 Å². The largest absolute Gasteiger partial charge is 0.376 e. The maximum Gasteiger partial charge on any atom is 0.109 e. The summed E-state index contributed by atoms with van der Waals surface area (Å²) in [6.07, 6.45) is 1.73. The molecule has 1 rings (SSSR count). The maximum absolute atomic E-state index is 5.67. The van der Waals surface area contributed by atoms with Gasteiger partial charge in [0.05, 0.1) is 18.8 Å². The van der Waals surface area contributed by atoms with Crippen molar-refractivity contribution in [3.8, 4) is 0 Å². The second kappa shape index (κ2) is 5.33. The lowest BCUT2D eigenvalue weighted by Crippen LogP contribution is -2.34. The van der Waals surface area contributed by atoms with Gasteiger partial charge in [-0.2, -0.15) is 0 Å². The van der Waals surface area contributed by atoms with Crippen LogP contribution in [0.15, 0.2) is 0 Å².